The van der Waals surface area contributed by atoms with Crippen LogP contribution in [0.5, 0.6) is 11.5 Å². The molecule has 1 fully saturated rings. The van der Waals surface area contributed by atoms with Gasteiger partial charge in [-0.15, -0.1) is 0 Å². The molecule has 2 bridgehead atoms. The lowest BCUT2D eigenvalue weighted by Crippen LogP contribution is -2.75. The van der Waals surface area contributed by atoms with Crippen molar-refractivity contribution in [1.82, 2.24) is 4.90 Å². The van der Waals surface area contributed by atoms with Gasteiger partial charge in [0.05, 0.1) is 5.41 Å². The molecule has 11 heteroatoms. The van der Waals surface area contributed by atoms with E-state index in [2.05, 4.69) is 4.18 Å². The number of alkyl halides is 3. The number of likely N-dealkylation sites (N-methyl/N-ethyl adjacent to an activating group) is 1. The van der Waals surface area contributed by atoms with Crippen LogP contribution in [0, 0.1) is 0 Å². The van der Waals surface area contributed by atoms with E-state index in [4.69, 9.17) is 4.74 Å². The summed E-state index contributed by atoms with van der Waals surface area (Å²) in [6.45, 7) is 0.568. The smallest absolute Gasteiger partial charge is 0.482 e. The fraction of sp³-hybridized carbons (Fsp3) is 0.556. The molecule has 0 aromatic heterocycles. The van der Waals surface area contributed by atoms with Crippen molar-refractivity contribution in [1.29, 1.82) is 0 Å². The van der Waals surface area contributed by atoms with Gasteiger partial charge in [0.25, 0.3) is 0 Å². The fourth-order valence-corrected chi connectivity index (χ4v) is 5.97. The van der Waals surface area contributed by atoms with E-state index in [9.17, 15) is 31.8 Å². The van der Waals surface area contributed by atoms with Crippen molar-refractivity contribution >= 4 is 10.1 Å². The Morgan fingerprint density at radius 3 is 2.76 bits per heavy atom. The first kappa shape index (κ1) is 19.2. The SMILES string of the molecule is CN1CCC23c4c5ccc(OS(=O)(=O)C(F)(F)F)c4O[C@H]2[C@@H](O)C=CC3(O)C1C5. The summed E-state index contributed by atoms with van der Waals surface area (Å²) in [7, 11) is -4.03. The van der Waals surface area contributed by atoms with Crippen LogP contribution in [0.2, 0.25) is 0 Å². The minimum Gasteiger partial charge on any atom is -0.482 e. The third-order valence-corrected chi connectivity index (χ3v) is 7.72. The summed E-state index contributed by atoms with van der Waals surface area (Å²) in [6.07, 6.45) is 1.62. The van der Waals surface area contributed by atoms with Gasteiger partial charge in [-0.25, -0.2) is 0 Å². The Balaban J connectivity index is 1.73. The van der Waals surface area contributed by atoms with Crippen molar-refractivity contribution in [3.05, 3.63) is 35.4 Å². The summed E-state index contributed by atoms with van der Waals surface area (Å²) in [6, 6.07) is 2.31. The molecule has 7 nitrogen and oxygen atoms in total. The number of hydrogen-bond donors (Lipinski definition) is 2. The quantitative estimate of drug-likeness (QED) is 0.405. The summed E-state index contributed by atoms with van der Waals surface area (Å²) in [5.74, 6) is -0.763. The molecule has 158 valence electrons. The first-order valence-electron chi connectivity index (χ1n) is 9.06. The van der Waals surface area contributed by atoms with Crippen molar-refractivity contribution in [2.75, 3.05) is 13.6 Å². The predicted octanol–water partition coefficient (Wildman–Crippen LogP) is 0.836. The van der Waals surface area contributed by atoms with E-state index in [1.807, 2.05) is 11.9 Å². The van der Waals surface area contributed by atoms with Gasteiger partial charge in [-0.05, 0) is 38.1 Å². The van der Waals surface area contributed by atoms with Crippen LogP contribution >= 0.6 is 0 Å². The van der Waals surface area contributed by atoms with Crippen molar-refractivity contribution in [2.45, 2.75) is 47.6 Å². The molecule has 3 unspecified atom stereocenters. The van der Waals surface area contributed by atoms with Gasteiger partial charge < -0.3 is 19.1 Å². The van der Waals surface area contributed by atoms with E-state index in [1.54, 1.807) is 0 Å². The van der Waals surface area contributed by atoms with E-state index < -0.39 is 44.6 Å². The molecule has 4 aliphatic rings. The number of benzene rings is 1. The van der Waals surface area contributed by atoms with Gasteiger partial charge >= 0.3 is 15.6 Å². The van der Waals surface area contributed by atoms with E-state index in [0.29, 0.717) is 24.9 Å². The van der Waals surface area contributed by atoms with Crippen LogP contribution < -0.4 is 8.92 Å². The average Bonchev–Trinajstić information content (AvgIpc) is 2.97. The van der Waals surface area contributed by atoms with Crippen LogP contribution in [0.1, 0.15) is 17.5 Å². The van der Waals surface area contributed by atoms with Crippen LogP contribution in [0.25, 0.3) is 0 Å². The summed E-state index contributed by atoms with van der Waals surface area (Å²) in [4.78, 5) is 2.00. The number of ether oxygens (including phenoxy) is 1. The normalized spacial score (nSPS) is 37.8. The molecule has 2 aliphatic heterocycles. The number of rotatable bonds is 2. The monoisotopic (exact) mass is 433 g/mol. The molecule has 2 N–H and O–H groups in total. The molecular weight excluding hydrogens is 415 g/mol. The maximum atomic E-state index is 12.8. The molecule has 2 heterocycles. The van der Waals surface area contributed by atoms with Gasteiger partial charge in [-0.3, -0.25) is 4.90 Å². The van der Waals surface area contributed by atoms with E-state index in [0.717, 1.165) is 11.6 Å². The topological polar surface area (TPSA) is 96.3 Å². The van der Waals surface area contributed by atoms with E-state index in [1.165, 1.54) is 18.2 Å². The Morgan fingerprint density at radius 1 is 1.34 bits per heavy atom. The highest BCUT2D eigenvalue weighted by molar-refractivity contribution is 7.88. The number of likely N-dealkylation sites (tertiary alicyclic amines) is 1. The van der Waals surface area contributed by atoms with Crippen LogP contribution in [0.15, 0.2) is 24.3 Å². The first-order chi connectivity index (χ1) is 13.4. The number of nitrogens with zero attached hydrogens (tertiary/aromatic N) is 1. The molecular formula is C18H18F3NO6S. The second kappa shape index (κ2) is 5.45. The molecule has 0 radical (unpaired) electrons. The van der Waals surface area contributed by atoms with E-state index in [-0.39, 0.29) is 11.8 Å². The van der Waals surface area contributed by atoms with Crippen molar-refractivity contribution in [3.63, 3.8) is 0 Å². The minimum absolute atomic E-state index is 0.162. The van der Waals surface area contributed by atoms with Crippen molar-refractivity contribution in [2.24, 2.45) is 0 Å². The van der Waals surface area contributed by atoms with Crippen molar-refractivity contribution in [3.8, 4) is 11.5 Å². The summed E-state index contributed by atoms with van der Waals surface area (Å²) < 4.78 is 71.9. The second-order valence-electron chi connectivity index (χ2n) is 8.05. The lowest BCUT2D eigenvalue weighted by Gasteiger charge is -2.61. The lowest BCUT2D eigenvalue weighted by atomic mass is 9.50. The highest BCUT2D eigenvalue weighted by Crippen LogP contribution is 2.64. The van der Waals surface area contributed by atoms with Gasteiger partial charge in [-0.1, -0.05) is 18.2 Å². The van der Waals surface area contributed by atoms with Crippen LogP contribution in [0.3, 0.4) is 0 Å². The van der Waals surface area contributed by atoms with Gasteiger partial charge in [0, 0.05) is 11.6 Å². The average molecular weight is 433 g/mol. The summed E-state index contributed by atoms with van der Waals surface area (Å²) >= 11 is 0. The molecule has 1 aromatic rings. The van der Waals surface area contributed by atoms with E-state index >= 15 is 0 Å². The standard InChI is InChI=1S/C18H18F3NO6S/c1-22-7-6-16-13-9-2-3-11(28-29(25,26)18(19,20)21)14(13)27-15(16)10(23)4-5-17(16,24)12(22)8-9/h2-5,10,12,15,23-24H,6-8H2,1H3/t10-,12?,15-,16?,17?/m0/s1. The summed E-state index contributed by atoms with van der Waals surface area (Å²) in [5.41, 5.74) is -6.98. The molecule has 0 amide bonds. The zero-order chi connectivity index (χ0) is 21.0. The number of aliphatic hydroxyl groups excluding tert-OH is 1. The number of hydrogen-bond acceptors (Lipinski definition) is 7. The minimum atomic E-state index is -5.90. The fourth-order valence-electron chi connectivity index (χ4n) is 5.51. The Hall–Kier alpha value is -1.82. The van der Waals surface area contributed by atoms with Crippen LogP contribution in [-0.2, 0) is 22.0 Å². The van der Waals surface area contributed by atoms with Crippen LogP contribution in [0.4, 0.5) is 13.2 Å². The Bertz CT molecular complexity index is 1040. The Labute approximate surface area is 164 Å². The summed E-state index contributed by atoms with van der Waals surface area (Å²) in [5, 5.41) is 22.2. The van der Waals surface area contributed by atoms with Gasteiger partial charge in [-0.2, -0.15) is 21.6 Å². The molecule has 29 heavy (non-hydrogen) atoms. The second-order valence-corrected chi connectivity index (χ2v) is 9.58. The molecule has 5 rings (SSSR count). The molecule has 0 saturated carbocycles. The highest BCUT2D eigenvalue weighted by Gasteiger charge is 2.71. The number of aliphatic hydroxyl groups is 2. The largest absolute Gasteiger partial charge is 0.534 e. The Morgan fingerprint density at radius 2 is 2.07 bits per heavy atom. The third-order valence-electron chi connectivity index (χ3n) is 6.75. The maximum absolute atomic E-state index is 12.8. The predicted molar refractivity (Wildman–Crippen MR) is 93.0 cm³/mol. The lowest BCUT2D eigenvalue weighted by molar-refractivity contribution is -0.151. The third kappa shape index (κ3) is 2.16. The van der Waals surface area contributed by atoms with Gasteiger partial charge in [0.2, 0.25) is 0 Å². The zero-order valence-corrected chi connectivity index (χ0v) is 16.0. The molecule has 5 atom stereocenters. The Kier molecular flexibility index (Phi) is 3.60. The van der Waals surface area contributed by atoms with Gasteiger partial charge in [0.1, 0.15) is 17.8 Å². The maximum Gasteiger partial charge on any atom is 0.534 e. The molecule has 1 aromatic carbocycles. The molecule has 1 spiro atoms. The number of halogens is 3. The molecule has 1 saturated heterocycles. The first-order valence-corrected chi connectivity index (χ1v) is 10.5. The van der Waals surface area contributed by atoms with Gasteiger partial charge in [0.15, 0.2) is 11.5 Å². The molecule has 2 aliphatic carbocycles. The zero-order valence-electron chi connectivity index (χ0n) is 15.2. The highest BCUT2D eigenvalue weighted by atomic mass is 32.2. The van der Waals surface area contributed by atoms with Crippen molar-refractivity contribution < 1.29 is 40.7 Å². The number of piperidine rings is 1. The van der Waals surface area contributed by atoms with Crippen LogP contribution in [-0.4, -0.2) is 66.5 Å².